The van der Waals surface area contributed by atoms with Gasteiger partial charge in [0.15, 0.2) is 5.16 Å². The number of halogens is 1. The summed E-state index contributed by atoms with van der Waals surface area (Å²) in [6, 6.07) is 23.7. The Morgan fingerprint density at radius 2 is 1.75 bits per heavy atom. The number of rotatable bonds is 7. The van der Waals surface area contributed by atoms with Crippen molar-refractivity contribution in [2.45, 2.75) is 25.4 Å². The number of nitrogens with zero attached hydrogens (tertiary/aromatic N) is 3. The zero-order chi connectivity index (χ0) is 22.5. The molecular formula is C25H23ClN4OS. The van der Waals surface area contributed by atoms with Crippen LogP contribution in [-0.2, 0) is 11.2 Å². The summed E-state index contributed by atoms with van der Waals surface area (Å²) >= 11 is 7.51. The van der Waals surface area contributed by atoms with E-state index in [1.54, 1.807) is 12.1 Å². The Balaban J connectivity index is 1.60. The topological polar surface area (TPSA) is 59.8 Å². The van der Waals surface area contributed by atoms with Gasteiger partial charge in [-0.2, -0.15) is 0 Å². The third kappa shape index (κ3) is 5.21. The van der Waals surface area contributed by atoms with Gasteiger partial charge in [0.1, 0.15) is 5.82 Å². The molecule has 0 saturated carbocycles. The minimum Gasteiger partial charge on any atom is -0.324 e. The highest BCUT2D eigenvalue weighted by atomic mass is 35.5. The van der Waals surface area contributed by atoms with Gasteiger partial charge in [0.05, 0.1) is 22.2 Å². The Morgan fingerprint density at radius 3 is 2.50 bits per heavy atom. The molecule has 1 heterocycles. The van der Waals surface area contributed by atoms with Crippen molar-refractivity contribution < 1.29 is 4.79 Å². The summed E-state index contributed by atoms with van der Waals surface area (Å²) in [4.78, 5) is 12.5. The monoisotopic (exact) mass is 462 g/mol. The van der Waals surface area contributed by atoms with Crippen molar-refractivity contribution in [3.05, 3.63) is 100 Å². The normalized spacial score (nSPS) is 10.8. The lowest BCUT2D eigenvalue weighted by molar-refractivity contribution is -0.113. The molecule has 0 radical (unpaired) electrons. The highest BCUT2D eigenvalue weighted by molar-refractivity contribution is 7.99. The molecule has 0 saturated heterocycles. The van der Waals surface area contributed by atoms with Gasteiger partial charge in [-0.15, -0.1) is 10.2 Å². The maximum absolute atomic E-state index is 12.5. The molecule has 5 nitrogen and oxygen atoms in total. The predicted molar refractivity (Wildman–Crippen MR) is 131 cm³/mol. The molecule has 1 N–H and O–H groups in total. The van der Waals surface area contributed by atoms with E-state index in [-0.39, 0.29) is 11.7 Å². The number of nitrogens with one attached hydrogen (secondary N) is 1. The Labute approximate surface area is 196 Å². The highest BCUT2D eigenvalue weighted by Gasteiger charge is 2.18. The molecule has 0 spiro atoms. The minimum absolute atomic E-state index is 0.150. The van der Waals surface area contributed by atoms with E-state index in [0.717, 1.165) is 22.6 Å². The Kier molecular flexibility index (Phi) is 6.93. The fourth-order valence-corrected chi connectivity index (χ4v) is 4.41. The highest BCUT2D eigenvalue weighted by Crippen LogP contribution is 2.27. The molecule has 1 aromatic heterocycles. The maximum atomic E-state index is 12.5. The van der Waals surface area contributed by atoms with Crippen LogP contribution in [0.5, 0.6) is 0 Å². The predicted octanol–water partition coefficient (Wildman–Crippen LogP) is 5.86. The van der Waals surface area contributed by atoms with Crippen LogP contribution in [0.1, 0.15) is 22.5 Å². The average molecular weight is 463 g/mol. The van der Waals surface area contributed by atoms with E-state index in [0.29, 0.717) is 22.3 Å². The van der Waals surface area contributed by atoms with Gasteiger partial charge in [-0.3, -0.25) is 9.36 Å². The number of carbonyl (C=O) groups is 1. The summed E-state index contributed by atoms with van der Waals surface area (Å²) in [6.45, 7) is 4.15. The van der Waals surface area contributed by atoms with E-state index >= 15 is 0 Å². The van der Waals surface area contributed by atoms with Crippen molar-refractivity contribution in [3.8, 4) is 5.69 Å². The molecule has 0 unspecified atom stereocenters. The van der Waals surface area contributed by atoms with Crippen molar-refractivity contribution in [2.24, 2.45) is 0 Å². The molecule has 7 heteroatoms. The molecule has 0 atom stereocenters. The van der Waals surface area contributed by atoms with Crippen LogP contribution in [0, 0.1) is 13.8 Å². The largest absolute Gasteiger partial charge is 0.324 e. The molecule has 3 aromatic carbocycles. The zero-order valence-corrected chi connectivity index (χ0v) is 19.5. The third-order valence-electron chi connectivity index (χ3n) is 4.98. The minimum atomic E-state index is -0.150. The van der Waals surface area contributed by atoms with Gasteiger partial charge in [0.25, 0.3) is 0 Å². The smallest absolute Gasteiger partial charge is 0.234 e. The van der Waals surface area contributed by atoms with Gasteiger partial charge in [0, 0.05) is 6.42 Å². The van der Waals surface area contributed by atoms with E-state index in [4.69, 9.17) is 11.6 Å². The Bertz CT molecular complexity index is 1240. The summed E-state index contributed by atoms with van der Waals surface area (Å²) in [5.41, 5.74) is 5.08. The lowest BCUT2D eigenvalue weighted by Crippen LogP contribution is -2.15. The van der Waals surface area contributed by atoms with Crippen molar-refractivity contribution in [1.82, 2.24) is 14.8 Å². The molecule has 32 heavy (non-hydrogen) atoms. The second-order valence-electron chi connectivity index (χ2n) is 7.50. The SMILES string of the molecule is Cc1ccc(-n2c(Cc3ccccc3)nnc2SCC(=O)Nc2ccccc2Cl)c(C)c1. The van der Waals surface area contributed by atoms with Crippen LogP contribution in [0.3, 0.4) is 0 Å². The van der Waals surface area contributed by atoms with Gasteiger partial charge in [-0.1, -0.05) is 83.5 Å². The van der Waals surface area contributed by atoms with Crippen LogP contribution in [-0.4, -0.2) is 26.4 Å². The molecule has 0 aliphatic rings. The third-order valence-corrected chi connectivity index (χ3v) is 6.24. The van der Waals surface area contributed by atoms with Gasteiger partial charge in [-0.05, 0) is 43.2 Å². The van der Waals surface area contributed by atoms with E-state index in [1.165, 1.54) is 17.3 Å². The number of aromatic nitrogens is 3. The van der Waals surface area contributed by atoms with Crippen molar-refractivity contribution in [3.63, 3.8) is 0 Å². The van der Waals surface area contributed by atoms with Crippen LogP contribution in [0.25, 0.3) is 5.69 Å². The molecule has 0 aliphatic heterocycles. The van der Waals surface area contributed by atoms with Gasteiger partial charge < -0.3 is 5.32 Å². The molecule has 0 aliphatic carbocycles. The van der Waals surface area contributed by atoms with Gasteiger partial charge in [-0.25, -0.2) is 0 Å². The number of thioether (sulfide) groups is 1. The first kappa shape index (κ1) is 22.1. The average Bonchev–Trinajstić information content (AvgIpc) is 3.17. The number of aryl methyl sites for hydroxylation is 2. The fourth-order valence-electron chi connectivity index (χ4n) is 3.46. The molecule has 4 rings (SSSR count). The van der Waals surface area contributed by atoms with E-state index in [1.807, 2.05) is 30.3 Å². The molecule has 1 amide bonds. The van der Waals surface area contributed by atoms with E-state index in [2.05, 4.69) is 64.3 Å². The van der Waals surface area contributed by atoms with Gasteiger partial charge >= 0.3 is 0 Å². The van der Waals surface area contributed by atoms with E-state index < -0.39 is 0 Å². The quantitative estimate of drug-likeness (QED) is 0.349. The van der Waals surface area contributed by atoms with Crippen LogP contribution in [0.4, 0.5) is 5.69 Å². The summed E-state index contributed by atoms with van der Waals surface area (Å²) < 4.78 is 2.05. The molecular weight excluding hydrogens is 440 g/mol. The van der Waals surface area contributed by atoms with E-state index in [9.17, 15) is 4.79 Å². The first-order valence-electron chi connectivity index (χ1n) is 10.2. The summed E-state index contributed by atoms with van der Waals surface area (Å²) in [5, 5.41) is 12.9. The Hall–Kier alpha value is -3.09. The summed E-state index contributed by atoms with van der Waals surface area (Å²) in [6.07, 6.45) is 0.646. The summed E-state index contributed by atoms with van der Waals surface area (Å²) in [5.74, 6) is 0.875. The van der Waals surface area contributed by atoms with Crippen molar-refractivity contribution in [2.75, 3.05) is 11.1 Å². The zero-order valence-electron chi connectivity index (χ0n) is 17.9. The number of para-hydroxylation sites is 1. The molecule has 4 aromatic rings. The molecule has 0 fully saturated rings. The second-order valence-corrected chi connectivity index (χ2v) is 8.85. The van der Waals surface area contributed by atoms with Crippen LogP contribution < -0.4 is 5.32 Å². The van der Waals surface area contributed by atoms with Gasteiger partial charge in [0.2, 0.25) is 5.91 Å². The number of carbonyl (C=O) groups excluding carboxylic acids is 1. The first-order valence-corrected chi connectivity index (χ1v) is 11.6. The number of hydrogen-bond acceptors (Lipinski definition) is 4. The number of amides is 1. The van der Waals surface area contributed by atoms with Crippen molar-refractivity contribution >= 4 is 35.0 Å². The number of hydrogen-bond donors (Lipinski definition) is 1. The lowest BCUT2D eigenvalue weighted by atomic mass is 10.1. The Morgan fingerprint density at radius 1 is 1.00 bits per heavy atom. The number of anilines is 1. The van der Waals surface area contributed by atoms with Crippen LogP contribution in [0.15, 0.2) is 78.0 Å². The number of benzene rings is 3. The fraction of sp³-hybridized carbons (Fsp3) is 0.160. The van der Waals surface area contributed by atoms with Crippen LogP contribution in [0.2, 0.25) is 5.02 Å². The molecule has 0 bridgehead atoms. The summed E-state index contributed by atoms with van der Waals surface area (Å²) in [7, 11) is 0. The standard InChI is InChI=1S/C25H23ClN4OS/c1-17-12-13-22(18(2)14-17)30-23(15-19-8-4-3-5-9-19)28-29-25(30)32-16-24(31)27-21-11-7-6-10-20(21)26/h3-14H,15-16H2,1-2H3,(H,27,31). The van der Waals surface area contributed by atoms with Crippen LogP contribution >= 0.6 is 23.4 Å². The lowest BCUT2D eigenvalue weighted by Gasteiger charge is -2.14. The first-order chi connectivity index (χ1) is 15.5. The molecule has 162 valence electrons. The second kappa shape index (κ2) is 10.0. The maximum Gasteiger partial charge on any atom is 0.234 e. The van der Waals surface area contributed by atoms with Crippen molar-refractivity contribution in [1.29, 1.82) is 0 Å².